The van der Waals surface area contributed by atoms with Gasteiger partial charge in [0.2, 0.25) is 0 Å². The Morgan fingerprint density at radius 1 is 1.14 bits per heavy atom. The summed E-state index contributed by atoms with van der Waals surface area (Å²) < 4.78 is 2.21. The predicted octanol–water partition coefficient (Wildman–Crippen LogP) is 0.772. The summed E-state index contributed by atoms with van der Waals surface area (Å²) >= 11 is 0. The molecule has 0 saturated carbocycles. The molecule has 0 unspecified atom stereocenters. The normalized spacial score (nSPS) is 20.1. The molecular formula is C11H19N3. The summed E-state index contributed by atoms with van der Waals surface area (Å²) in [5, 5.41) is 0. The molecule has 0 aliphatic carbocycles. The Labute approximate surface area is 85.9 Å². The van der Waals surface area contributed by atoms with Gasteiger partial charge in [-0.25, -0.2) is 0 Å². The summed E-state index contributed by atoms with van der Waals surface area (Å²) in [5.41, 5.74) is 1.41. The van der Waals surface area contributed by atoms with Crippen molar-refractivity contribution in [3.8, 4) is 0 Å². The van der Waals surface area contributed by atoms with E-state index in [1.54, 1.807) is 0 Å². The lowest BCUT2D eigenvalue weighted by Crippen LogP contribution is -2.44. The van der Waals surface area contributed by atoms with Crippen LogP contribution in [0.3, 0.4) is 0 Å². The molecule has 2 heterocycles. The van der Waals surface area contributed by atoms with E-state index in [4.69, 9.17) is 0 Å². The lowest BCUT2D eigenvalue weighted by Gasteiger charge is -2.32. The average Bonchev–Trinajstić information content (AvgIpc) is 2.56. The predicted molar refractivity (Wildman–Crippen MR) is 58.2 cm³/mol. The van der Waals surface area contributed by atoms with Crippen LogP contribution in [0.1, 0.15) is 5.69 Å². The van der Waals surface area contributed by atoms with Gasteiger partial charge in [-0.3, -0.25) is 4.90 Å². The standard InChI is InChI=1S/C11H19N3/c1-12-6-8-14(9-7-12)10-11-4-3-5-13(11)2/h3-5H,6-10H2,1-2H3. The number of nitrogens with zero attached hydrogens (tertiary/aromatic N) is 3. The first-order valence-corrected chi connectivity index (χ1v) is 5.27. The molecule has 0 spiro atoms. The molecule has 3 heteroatoms. The van der Waals surface area contributed by atoms with Crippen molar-refractivity contribution in [2.75, 3.05) is 33.2 Å². The van der Waals surface area contributed by atoms with Gasteiger partial charge in [0.15, 0.2) is 0 Å². The largest absolute Gasteiger partial charge is 0.353 e. The van der Waals surface area contributed by atoms with Crippen LogP contribution in [0.4, 0.5) is 0 Å². The molecule has 0 N–H and O–H groups in total. The van der Waals surface area contributed by atoms with Crippen LogP contribution >= 0.6 is 0 Å². The number of hydrogen-bond donors (Lipinski definition) is 0. The van der Waals surface area contributed by atoms with Crippen LogP contribution in [-0.2, 0) is 13.6 Å². The Kier molecular flexibility index (Phi) is 2.89. The maximum Gasteiger partial charge on any atom is 0.0388 e. The molecule has 1 aromatic rings. The highest BCUT2D eigenvalue weighted by molar-refractivity contribution is 5.06. The average molecular weight is 193 g/mol. The van der Waals surface area contributed by atoms with Crippen molar-refractivity contribution in [2.24, 2.45) is 7.05 Å². The van der Waals surface area contributed by atoms with Gasteiger partial charge < -0.3 is 9.47 Å². The van der Waals surface area contributed by atoms with E-state index in [0.717, 1.165) is 6.54 Å². The van der Waals surface area contributed by atoms with E-state index in [-0.39, 0.29) is 0 Å². The lowest BCUT2D eigenvalue weighted by molar-refractivity contribution is 0.146. The van der Waals surface area contributed by atoms with Crippen molar-refractivity contribution < 1.29 is 0 Å². The van der Waals surface area contributed by atoms with Gasteiger partial charge >= 0.3 is 0 Å². The van der Waals surface area contributed by atoms with Crippen LogP contribution in [-0.4, -0.2) is 47.6 Å². The monoisotopic (exact) mass is 193 g/mol. The maximum atomic E-state index is 2.52. The Balaban J connectivity index is 1.89. The Morgan fingerprint density at radius 2 is 1.86 bits per heavy atom. The first-order valence-electron chi connectivity index (χ1n) is 5.27. The summed E-state index contributed by atoms with van der Waals surface area (Å²) in [5.74, 6) is 0. The summed E-state index contributed by atoms with van der Waals surface area (Å²) in [6.07, 6.45) is 2.12. The van der Waals surface area contributed by atoms with Gasteiger partial charge in [-0.05, 0) is 19.2 Å². The van der Waals surface area contributed by atoms with E-state index in [1.807, 2.05) is 0 Å². The van der Waals surface area contributed by atoms with Gasteiger partial charge in [-0.15, -0.1) is 0 Å². The van der Waals surface area contributed by atoms with E-state index >= 15 is 0 Å². The molecule has 1 fully saturated rings. The highest BCUT2D eigenvalue weighted by Gasteiger charge is 2.14. The highest BCUT2D eigenvalue weighted by atomic mass is 15.2. The molecule has 0 atom stereocenters. The van der Waals surface area contributed by atoms with Crippen molar-refractivity contribution in [3.63, 3.8) is 0 Å². The van der Waals surface area contributed by atoms with Crippen LogP contribution in [0.5, 0.6) is 0 Å². The van der Waals surface area contributed by atoms with Crippen molar-refractivity contribution >= 4 is 0 Å². The zero-order valence-corrected chi connectivity index (χ0v) is 9.11. The van der Waals surface area contributed by atoms with Gasteiger partial charge in [0.25, 0.3) is 0 Å². The quantitative estimate of drug-likeness (QED) is 0.687. The van der Waals surface area contributed by atoms with Crippen molar-refractivity contribution in [3.05, 3.63) is 24.0 Å². The van der Waals surface area contributed by atoms with E-state index in [2.05, 4.69) is 46.8 Å². The molecule has 0 bridgehead atoms. The number of likely N-dealkylation sites (N-methyl/N-ethyl adjacent to an activating group) is 1. The smallest absolute Gasteiger partial charge is 0.0388 e. The van der Waals surface area contributed by atoms with E-state index in [0.29, 0.717) is 0 Å². The summed E-state index contributed by atoms with van der Waals surface area (Å²) in [4.78, 5) is 4.91. The third-order valence-electron chi connectivity index (χ3n) is 3.03. The fraction of sp³-hybridized carbons (Fsp3) is 0.636. The van der Waals surface area contributed by atoms with Crippen LogP contribution in [0, 0.1) is 0 Å². The summed E-state index contributed by atoms with van der Waals surface area (Å²) in [6, 6.07) is 4.32. The van der Waals surface area contributed by atoms with E-state index in [9.17, 15) is 0 Å². The number of aryl methyl sites for hydroxylation is 1. The minimum atomic E-state index is 1.09. The highest BCUT2D eigenvalue weighted by Crippen LogP contribution is 2.07. The van der Waals surface area contributed by atoms with Crippen molar-refractivity contribution in [1.82, 2.24) is 14.4 Å². The molecule has 0 aromatic carbocycles. The number of hydrogen-bond acceptors (Lipinski definition) is 2. The first-order chi connectivity index (χ1) is 6.75. The second-order valence-corrected chi connectivity index (χ2v) is 4.19. The topological polar surface area (TPSA) is 11.4 Å². The van der Waals surface area contributed by atoms with Crippen LogP contribution in [0.25, 0.3) is 0 Å². The Morgan fingerprint density at radius 3 is 2.43 bits per heavy atom. The minimum Gasteiger partial charge on any atom is -0.353 e. The van der Waals surface area contributed by atoms with Gasteiger partial charge in [0, 0.05) is 51.7 Å². The van der Waals surface area contributed by atoms with Crippen LogP contribution in [0.2, 0.25) is 0 Å². The number of aromatic nitrogens is 1. The Hall–Kier alpha value is -0.800. The molecule has 14 heavy (non-hydrogen) atoms. The third-order valence-corrected chi connectivity index (χ3v) is 3.03. The molecule has 1 aliphatic rings. The second-order valence-electron chi connectivity index (χ2n) is 4.19. The van der Waals surface area contributed by atoms with Crippen LogP contribution in [0.15, 0.2) is 18.3 Å². The zero-order valence-electron chi connectivity index (χ0n) is 9.11. The van der Waals surface area contributed by atoms with Crippen LogP contribution < -0.4 is 0 Å². The SMILES string of the molecule is CN1CCN(Cc2cccn2C)CC1. The Bertz CT molecular complexity index is 284. The maximum absolute atomic E-state index is 2.52. The molecule has 0 radical (unpaired) electrons. The van der Waals surface area contributed by atoms with E-state index in [1.165, 1.54) is 31.9 Å². The molecule has 1 saturated heterocycles. The van der Waals surface area contributed by atoms with E-state index < -0.39 is 0 Å². The number of rotatable bonds is 2. The molecule has 78 valence electrons. The third kappa shape index (κ3) is 2.16. The minimum absolute atomic E-state index is 1.09. The molecule has 2 rings (SSSR count). The summed E-state index contributed by atoms with van der Waals surface area (Å²) in [6.45, 7) is 5.88. The molecule has 3 nitrogen and oxygen atoms in total. The molecular weight excluding hydrogens is 174 g/mol. The molecule has 1 aromatic heterocycles. The van der Waals surface area contributed by atoms with Gasteiger partial charge in [-0.1, -0.05) is 0 Å². The first kappa shape index (κ1) is 9.74. The molecule has 1 aliphatic heterocycles. The van der Waals surface area contributed by atoms with Crippen molar-refractivity contribution in [1.29, 1.82) is 0 Å². The number of piperazine rings is 1. The van der Waals surface area contributed by atoms with Gasteiger partial charge in [-0.2, -0.15) is 0 Å². The van der Waals surface area contributed by atoms with Gasteiger partial charge in [0.1, 0.15) is 0 Å². The fourth-order valence-electron chi connectivity index (χ4n) is 1.90. The second kappa shape index (κ2) is 4.15. The summed E-state index contributed by atoms with van der Waals surface area (Å²) in [7, 11) is 4.31. The van der Waals surface area contributed by atoms with Gasteiger partial charge in [0.05, 0.1) is 0 Å². The van der Waals surface area contributed by atoms with Crippen molar-refractivity contribution in [2.45, 2.75) is 6.54 Å². The lowest BCUT2D eigenvalue weighted by atomic mass is 10.3. The molecule has 0 amide bonds. The zero-order chi connectivity index (χ0) is 9.97. The fourth-order valence-corrected chi connectivity index (χ4v) is 1.90.